The molecule has 8 rings (SSSR count). The minimum absolute atomic E-state index is 0.0525. The van der Waals surface area contributed by atoms with Gasteiger partial charge in [0.1, 0.15) is 16.8 Å². The van der Waals surface area contributed by atoms with Gasteiger partial charge in [-0.1, -0.05) is 96.5 Å². The maximum atomic E-state index is 12.2. The minimum Gasteiger partial charge on any atom is -0.309 e. The second-order valence-corrected chi connectivity index (χ2v) is 13.4. The summed E-state index contributed by atoms with van der Waals surface area (Å²) in [5, 5.41) is 2.11. The van der Waals surface area contributed by atoms with E-state index in [1.165, 1.54) is 11.1 Å². The zero-order valence-corrected chi connectivity index (χ0v) is 29.1. The van der Waals surface area contributed by atoms with Crippen LogP contribution in [0.3, 0.4) is 0 Å². The fraction of sp³-hybridized carbons (Fsp3) is 0.300. The highest BCUT2D eigenvalue weighted by molar-refractivity contribution is 6.34. The third kappa shape index (κ3) is 8.98. The van der Waals surface area contributed by atoms with Gasteiger partial charge in [-0.25, -0.2) is 15.0 Å². The van der Waals surface area contributed by atoms with Gasteiger partial charge in [0.25, 0.3) is 5.56 Å². The molecule has 0 amide bonds. The van der Waals surface area contributed by atoms with E-state index in [0.717, 1.165) is 100 Å². The highest BCUT2D eigenvalue weighted by atomic mass is 35.5. The van der Waals surface area contributed by atoms with Crippen molar-refractivity contribution >= 4 is 33.4 Å². The van der Waals surface area contributed by atoms with Crippen LogP contribution in [0.1, 0.15) is 22.8 Å². The largest absolute Gasteiger partial charge is 0.309 e. The maximum Gasteiger partial charge on any atom is 0.258 e. The summed E-state index contributed by atoms with van der Waals surface area (Å²) in [6, 6.07) is 36.6. The van der Waals surface area contributed by atoms with Crippen LogP contribution in [0.15, 0.2) is 114 Å². The smallest absolute Gasteiger partial charge is 0.258 e. The first-order valence-corrected chi connectivity index (χ1v) is 17.8. The topological polar surface area (TPSA) is 84.5 Å². The van der Waals surface area contributed by atoms with Gasteiger partial charge in [0.15, 0.2) is 0 Å². The molecule has 2 aliphatic heterocycles. The second-order valence-electron chi connectivity index (χ2n) is 13.1. The number of halogens is 1. The molecule has 4 heterocycles. The van der Waals surface area contributed by atoms with Gasteiger partial charge in [-0.3, -0.25) is 24.4 Å². The Morgan fingerprint density at radius 2 is 0.940 bits per heavy atom. The standard InChI is InChI=1S/C20H21ClN4.C20H22N4O/c21-20-17-8-4-5-9-18(17)22-19(23-20)15-25-12-10-24(11-13-25)14-16-6-2-1-3-7-16;25-20-17-8-4-5-9-18(17)21-19(22-20)15-24-12-10-23(11-13-24)14-16-6-2-1-3-7-16/h1-9H,10-15H2;1-9H,10-15H2,(H,21,22,25). The van der Waals surface area contributed by atoms with Gasteiger partial charge in [0.05, 0.1) is 29.5 Å². The summed E-state index contributed by atoms with van der Waals surface area (Å²) < 4.78 is 0. The number of nitrogens with one attached hydrogen (secondary N) is 1. The summed E-state index contributed by atoms with van der Waals surface area (Å²) >= 11 is 6.32. The van der Waals surface area contributed by atoms with Gasteiger partial charge in [0, 0.05) is 70.8 Å². The van der Waals surface area contributed by atoms with Crippen molar-refractivity contribution in [1.29, 1.82) is 0 Å². The maximum absolute atomic E-state index is 12.2. The van der Waals surface area contributed by atoms with E-state index in [4.69, 9.17) is 11.6 Å². The van der Waals surface area contributed by atoms with Crippen molar-refractivity contribution in [2.24, 2.45) is 0 Å². The number of para-hydroxylation sites is 2. The molecule has 0 spiro atoms. The Balaban J connectivity index is 0.000000157. The molecule has 2 fully saturated rings. The van der Waals surface area contributed by atoms with Gasteiger partial charge in [-0.05, 0) is 35.4 Å². The third-order valence-corrected chi connectivity index (χ3v) is 9.72. The molecule has 10 heteroatoms. The molecular formula is C40H43ClN8O. The molecule has 0 bridgehead atoms. The molecular weight excluding hydrogens is 644 g/mol. The van der Waals surface area contributed by atoms with Gasteiger partial charge in [0.2, 0.25) is 0 Å². The summed E-state index contributed by atoms with van der Waals surface area (Å²) in [4.78, 5) is 38.6. The zero-order chi connectivity index (χ0) is 34.1. The monoisotopic (exact) mass is 686 g/mol. The average molecular weight is 687 g/mol. The summed E-state index contributed by atoms with van der Waals surface area (Å²) in [5.41, 5.74) is 4.37. The van der Waals surface area contributed by atoms with E-state index in [9.17, 15) is 4.79 Å². The number of nitrogens with zero attached hydrogens (tertiary/aromatic N) is 7. The molecule has 2 aliphatic rings. The first-order chi connectivity index (χ1) is 24.6. The lowest BCUT2D eigenvalue weighted by molar-refractivity contribution is 0.120. The number of rotatable bonds is 8. The van der Waals surface area contributed by atoms with Crippen molar-refractivity contribution in [3.05, 3.63) is 147 Å². The molecule has 0 atom stereocenters. The molecule has 4 aromatic carbocycles. The molecule has 9 nitrogen and oxygen atoms in total. The normalized spacial score (nSPS) is 16.3. The lowest BCUT2D eigenvalue weighted by Crippen LogP contribution is -2.45. The van der Waals surface area contributed by atoms with Crippen LogP contribution in [0.25, 0.3) is 21.8 Å². The SMILES string of the molecule is Clc1nc(CN2CCN(Cc3ccccc3)CC2)nc2ccccc12.O=c1[nH]c(CN2CCN(Cc3ccccc3)CC2)nc2ccccc12. The van der Waals surface area contributed by atoms with Crippen LogP contribution in [0.5, 0.6) is 0 Å². The molecule has 1 N–H and O–H groups in total. The molecule has 0 aliphatic carbocycles. The Morgan fingerprint density at radius 3 is 1.50 bits per heavy atom. The van der Waals surface area contributed by atoms with Crippen LogP contribution < -0.4 is 5.56 Å². The van der Waals surface area contributed by atoms with Gasteiger partial charge in [-0.15, -0.1) is 0 Å². The highest BCUT2D eigenvalue weighted by Crippen LogP contribution is 2.21. The van der Waals surface area contributed by atoms with Crippen LogP contribution in [-0.2, 0) is 26.2 Å². The Bertz CT molecular complexity index is 2040. The Kier molecular flexibility index (Phi) is 11.2. The highest BCUT2D eigenvalue weighted by Gasteiger charge is 2.20. The van der Waals surface area contributed by atoms with Crippen LogP contribution in [0.4, 0.5) is 0 Å². The molecule has 50 heavy (non-hydrogen) atoms. The zero-order valence-electron chi connectivity index (χ0n) is 28.3. The molecule has 2 saturated heterocycles. The van der Waals surface area contributed by atoms with E-state index in [-0.39, 0.29) is 5.56 Å². The Labute approximate surface area is 298 Å². The van der Waals surface area contributed by atoms with Crippen molar-refractivity contribution in [1.82, 2.24) is 39.5 Å². The number of aromatic nitrogens is 4. The van der Waals surface area contributed by atoms with Crippen molar-refractivity contribution in [3.63, 3.8) is 0 Å². The number of benzene rings is 4. The molecule has 2 aromatic heterocycles. The number of H-pyrrole nitrogens is 1. The average Bonchev–Trinajstić information content (AvgIpc) is 3.15. The van der Waals surface area contributed by atoms with Crippen molar-refractivity contribution in [3.8, 4) is 0 Å². The summed E-state index contributed by atoms with van der Waals surface area (Å²) in [7, 11) is 0. The van der Waals surface area contributed by atoms with Crippen LogP contribution in [-0.4, -0.2) is 91.9 Å². The van der Waals surface area contributed by atoms with Crippen LogP contribution >= 0.6 is 11.6 Å². The van der Waals surface area contributed by atoms with Crippen molar-refractivity contribution in [2.45, 2.75) is 26.2 Å². The summed E-state index contributed by atoms with van der Waals surface area (Å²) in [6.07, 6.45) is 0. The molecule has 0 radical (unpaired) electrons. The van der Waals surface area contributed by atoms with Gasteiger partial charge >= 0.3 is 0 Å². The predicted octanol–water partition coefficient (Wildman–Crippen LogP) is 5.84. The Morgan fingerprint density at radius 1 is 0.500 bits per heavy atom. The quantitative estimate of drug-likeness (QED) is 0.200. The molecule has 256 valence electrons. The molecule has 6 aromatic rings. The second kappa shape index (κ2) is 16.5. The minimum atomic E-state index is -0.0525. The van der Waals surface area contributed by atoms with E-state index >= 15 is 0 Å². The predicted molar refractivity (Wildman–Crippen MR) is 201 cm³/mol. The fourth-order valence-electron chi connectivity index (χ4n) is 6.67. The fourth-order valence-corrected chi connectivity index (χ4v) is 6.93. The summed E-state index contributed by atoms with van der Waals surface area (Å²) in [5.74, 6) is 1.56. The van der Waals surface area contributed by atoms with Gasteiger partial charge < -0.3 is 4.98 Å². The third-order valence-electron chi connectivity index (χ3n) is 9.43. The molecule has 0 saturated carbocycles. The Hall–Kier alpha value is -4.51. The number of aromatic amines is 1. The van der Waals surface area contributed by atoms with E-state index in [2.05, 4.69) is 100 Å². The van der Waals surface area contributed by atoms with E-state index < -0.39 is 0 Å². The van der Waals surface area contributed by atoms with Crippen molar-refractivity contribution in [2.75, 3.05) is 52.4 Å². The summed E-state index contributed by atoms with van der Waals surface area (Å²) in [6.45, 7) is 11.7. The van der Waals surface area contributed by atoms with Gasteiger partial charge in [-0.2, -0.15) is 0 Å². The van der Waals surface area contributed by atoms with Crippen LogP contribution in [0.2, 0.25) is 5.15 Å². The van der Waals surface area contributed by atoms with E-state index in [1.807, 2.05) is 48.5 Å². The number of fused-ring (bicyclic) bond motifs is 2. The van der Waals surface area contributed by atoms with Crippen LogP contribution in [0, 0.1) is 0 Å². The first kappa shape index (κ1) is 34.0. The van der Waals surface area contributed by atoms with E-state index in [1.54, 1.807) is 0 Å². The number of hydrogen-bond donors (Lipinski definition) is 1. The lowest BCUT2D eigenvalue weighted by atomic mass is 10.2. The number of hydrogen-bond acceptors (Lipinski definition) is 8. The number of piperazine rings is 2. The first-order valence-electron chi connectivity index (χ1n) is 17.4. The lowest BCUT2D eigenvalue weighted by Gasteiger charge is -2.34. The van der Waals surface area contributed by atoms with Crippen molar-refractivity contribution < 1.29 is 0 Å². The molecule has 0 unspecified atom stereocenters. The van der Waals surface area contributed by atoms with E-state index in [0.29, 0.717) is 17.1 Å².